The van der Waals surface area contributed by atoms with Crippen molar-refractivity contribution in [3.05, 3.63) is 36.0 Å². The van der Waals surface area contributed by atoms with Crippen molar-refractivity contribution in [2.75, 3.05) is 7.11 Å². The van der Waals surface area contributed by atoms with E-state index in [-0.39, 0.29) is 6.61 Å². The lowest BCUT2D eigenvalue weighted by atomic mass is 9.89. The summed E-state index contributed by atoms with van der Waals surface area (Å²) in [7, 11) is 1.61. The van der Waals surface area contributed by atoms with Crippen molar-refractivity contribution >= 4 is 0 Å². The number of benzene rings is 1. The maximum atomic E-state index is 5.89. The van der Waals surface area contributed by atoms with E-state index in [1.165, 1.54) is 12.8 Å². The van der Waals surface area contributed by atoms with E-state index in [4.69, 9.17) is 18.6 Å². The minimum atomic E-state index is 0.202. The first kappa shape index (κ1) is 16.8. The lowest BCUT2D eigenvalue weighted by Gasteiger charge is -2.26. The Morgan fingerprint density at radius 2 is 1.83 bits per heavy atom. The molecule has 1 aliphatic rings. The van der Waals surface area contributed by atoms with Gasteiger partial charge >= 0.3 is 0 Å². The predicted molar refractivity (Wildman–Crippen MR) is 87.8 cm³/mol. The average molecular weight is 332 g/mol. The second-order valence-corrected chi connectivity index (χ2v) is 6.23. The topological polar surface area (TPSA) is 66.6 Å². The van der Waals surface area contributed by atoms with Crippen LogP contribution in [-0.4, -0.2) is 23.4 Å². The number of hydrogen-bond acceptors (Lipinski definition) is 6. The van der Waals surface area contributed by atoms with Crippen LogP contribution in [-0.2, 0) is 18.0 Å². The number of aromatic nitrogens is 2. The molecule has 1 aromatic heterocycles. The monoisotopic (exact) mass is 332 g/mol. The number of rotatable bonds is 7. The zero-order chi connectivity index (χ0) is 16.8. The molecule has 0 saturated heterocycles. The molecule has 0 N–H and O–H groups in total. The molecule has 1 aliphatic carbocycles. The highest BCUT2D eigenvalue weighted by molar-refractivity contribution is 5.39. The molecule has 1 aromatic carbocycles. The minimum Gasteiger partial charge on any atom is -0.493 e. The summed E-state index contributed by atoms with van der Waals surface area (Å²) in [6.07, 6.45) is 5.05. The lowest BCUT2D eigenvalue weighted by Crippen LogP contribution is -2.21. The number of methoxy groups -OCH3 is 1. The number of nitrogens with zero attached hydrogens (tertiary/aromatic N) is 2. The second-order valence-electron chi connectivity index (χ2n) is 6.23. The van der Waals surface area contributed by atoms with Crippen LogP contribution in [0.5, 0.6) is 11.5 Å². The molecule has 6 nitrogen and oxygen atoms in total. The van der Waals surface area contributed by atoms with Gasteiger partial charge in [-0.25, -0.2) is 0 Å². The molecule has 1 fully saturated rings. The van der Waals surface area contributed by atoms with Crippen LogP contribution in [0.15, 0.2) is 28.7 Å². The van der Waals surface area contributed by atoms with Gasteiger partial charge in [-0.3, -0.25) is 0 Å². The van der Waals surface area contributed by atoms with Crippen LogP contribution in [0.2, 0.25) is 0 Å². The van der Waals surface area contributed by atoms with Crippen LogP contribution in [0.4, 0.5) is 0 Å². The molecule has 0 bridgehead atoms. The van der Waals surface area contributed by atoms with E-state index in [0.717, 1.165) is 18.8 Å². The summed E-state index contributed by atoms with van der Waals surface area (Å²) in [4.78, 5) is 0. The SMILES string of the molecule is COc1ccccc1OCc1nnc(COC2CCCC(C)C2)o1. The Morgan fingerprint density at radius 3 is 2.58 bits per heavy atom. The Morgan fingerprint density at radius 1 is 1.08 bits per heavy atom. The zero-order valence-corrected chi connectivity index (χ0v) is 14.2. The fourth-order valence-corrected chi connectivity index (χ4v) is 3.00. The van der Waals surface area contributed by atoms with E-state index in [0.29, 0.717) is 36.0 Å². The fraction of sp³-hybridized carbons (Fsp3) is 0.556. The highest BCUT2D eigenvalue weighted by atomic mass is 16.5. The van der Waals surface area contributed by atoms with E-state index < -0.39 is 0 Å². The molecule has 0 radical (unpaired) electrons. The molecule has 0 aliphatic heterocycles. The van der Waals surface area contributed by atoms with E-state index in [1.807, 2.05) is 24.3 Å². The third kappa shape index (κ3) is 4.47. The fourth-order valence-electron chi connectivity index (χ4n) is 3.00. The van der Waals surface area contributed by atoms with Crippen LogP contribution in [0, 0.1) is 5.92 Å². The first-order valence-corrected chi connectivity index (χ1v) is 8.43. The molecular formula is C18H24N2O4. The first-order chi connectivity index (χ1) is 11.7. The number of hydrogen-bond donors (Lipinski definition) is 0. The van der Waals surface area contributed by atoms with Gasteiger partial charge in [0.1, 0.15) is 6.61 Å². The Hall–Kier alpha value is -2.08. The quantitative estimate of drug-likeness (QED) is 0.769. The van der Waals surface area contributed by atoms with E-state index >= 15 is 0 Å². The Bertz CT molecular complexity index is 643. The number of para-hydroxylation sites is 2. The molecule has 6 heteroatoms. The summed E-state index contributed by atoms with van der Waals surface area (Å²) >= 11 is 0. The van der Waals surface area contributed by atoms with Gasteiger partial charge < -0.3 is 18.6 Å². The van der Waals surface area contributed by atoms with Crippen LogP contribution < -0.4 is 9.47 Å². The summed E-state index contributed by atoms with van der Waals surface area (Å²) in [5.74, 6) is 2.97. The summed E-state index contributed by atoms with van der Waals surface area (Å²) in [6.45, 7) is 2.84. The Labute approximate surface area is 142 Å². The van der Waals surface area contributed by atoms with E-state index in [1.54, 1.807) is 7.11 Å². The summed E-state index contributed by atoms with van der Waals surface area (Å²) in [6, 6.07) is 7.45. The lowest BCUT2D eigenvalue weighted by molar-refractivity contribution is -0.00519. The zero-order valence-electron chi connectivity index (χ0n) is 14.2. The first-order valence-electron chi connectivity index (χ1n) is 8.43. The van der Waals surface area contributed by atoms with E-state index in [2.05, 4.69) is 17.1 Å². The third-order valence-electron chi connectivity index (χ3n) is 4.26. The van der Waals surface area contributed by atoms with E-state index in [9.17, 15) is 0 Å². The van der Waals surface area contributed by atoms with Gasteiger partial charge in [0, 0.05) is 0 Å². The molecule has 0 amide bonds. The molecule has 0 spiro atoms. The molecular weight excluding hydrogens is 308 g/mol. The second kappa shape index (κ2) is 8.15. The third-order valence-corrected chi connectivity index (χ3v) is 4.26. The normalized spacial score (nSPS) is 20.8. The van der Waals surface area contributed by atoms with Gasteiger partial charge in [0.2, 0.25) is 5.89 Å². The summed E-state index contributed by atoms with van der Waals surface area (Å²) < 4.78 is 22.4. The maximum absolute atomic E-state index is 5.89. The molecule has 24 heavy (non-hydrogen) atoms. The van der Waals surface area contributed by atoms with Gasteiger partial charge in [0.05, 0.1) is 13.2 Å². The highest BCUT2D eigenvalue weighted by Crippen LogP contribution is 2.27. The van der Waals surface area contributed by atoms with Crippen LogP contribution >= 0.6 is 0 Å². The van der Waals surface area contributed by atoms with Crippen molar-refractivity contribution in [1.29, 1.82) is 0 Å². The van der Waals surface area contributed by atoms with Crippen molar-refractivity contribution in [3.8, 4) is 11.5 Å². The summed E-state index contributed by atoms with van der Waals surface area (Å²) in [5, 5.41) is 8.02. The molecule has 2 unspecified atom stereocenters. The minimum absolute atomic E-state index is 0.202. The van der Waals surface area contributed by atoms with Crippen LogP contribution in [0.3, 0.4) is 0 Å². The van der Waals surface area contributed by atoms with Crippen molar-refractivity contribution in [2.45, 2.75) is 51.9 Å². The smallest absolute Gasteiger partial charge is 0.253 e. The average Bonchev–Trinajstić information content (AvgIpc) is 3.06. The van der Waals surface area contributed by atoms with Crippen molar-refractivity contribution < 1.29 is 18.6 Å². The van der Waals surface area contributed by atoms with Crippen LogP contribution in [0.1, 0.15) is 44.4 Å². The Balaban J connectivity index is 1.48. The standard InChI is InChI=1S/C18H24N2O4/c1-13-6-5-7-14(10-13)22-11-17-19-20-18(24-17)12-23-16-9-4-3-8-15(16)21-2/h3-4,8-9,13-14H,5-7,10-12H2,1-2H3. The molecule has 2 aromatic rings. The van der Waals surface area contributed by atoms with Crippen molar-refractivity contribution in [3.63, 3.8) is 0 Å². The molecule has 3 rings (SSSR count). The van der Waals surface area contributed by atoms with Gasteiger partial charge in [0.25, 0.3) is 5.89 Å². The molecule has 130 valence electrons. The molecule has 1 saturated carbocycles. The van der Waals surface area contributed by atoms with Crippen LogP contribution in [0.25, 0.3) is 0 Å². The van der Waals surface area contributed by atoms with Crippen molar-refractivity contribution in [2.24, 2.45) is 5.92 Å². The largest absolute Gasteiger partial charge is 0.493 e. The van der Waals surface area contributed by atoms with Gasteiger partial charge in [-0.05, 0) is 30.9 Å². The molecule has 2 atom stereocenters. The highest BCUT2D eigenvalue weighted by Gasteiger charge is 2.20. The molecule has 1 heterocycles. The maximum Gasteiger partial charge on any atom is 0.253 e. The number of ether oxygens (including phenoxy) is 3. The van der Waals surface area contributed by atoms with Gasteiger partial charge in [-0.1, -0.05) is 31.9 Å². The summed E-state index contributed by atoms with van der Waals surface area (Å²) in [5.41, 5.74) is 0. The van der Waals surface area contributed by atoms with Crippen molar-refractivity contribution in [1.82, 2.24) is 10.2 Å². The van der Waals surface area contributed by atoms with Gasteiger partial charge in [0.15, 0.2) is 18.1 Å². The van der Waals surface area contributed by atoms with Gasteiger partial charge in [-0.15, -0.1) is 10.2 Å². The predicted octanol–water partition coefficient (Wildman–Crippen LogP) is 3.75. The Kier molecular flexibility index (Phi) is 5.69. The van der Waals surface area contributed by atoms with Gasteiger partial charge in [-0.2, -0.15) is 0 Å².